The van der Waals surface area contributed by atoms with E-state index in [0.717, 1.165) is 12.2 Å². The minimum absolute atomic E-state index is 0.131. The molecule has 0 bridgehead atoms. The van der Waals surface area contributed by atoms with Gasteiger partial charge in [-0.2, -0.15) is 8.42 Å². The van der Waals surface area contributed by atoms with E-state index in [0.29, 0.717) is 6.42 Å². The summed E-state index contributed by atoms with van der Waals surface area (Å²) >= 11 is 0. The number of carbonyl (C=O) groups is 3. The van der Waals surface area contributed by atoms with Crippen molar-refractivity contribution in [2.24, 2.45) is 5.41 Å². The number of hydrogen-bond donors (Lipinski definition) is 1. The van der Waals surface area contributed by atoms with Crippen LogP contribution in [0, 0.1) is 5.41 Å². The van der Waals surface area contributed by atoms with Crippen molar-refractivity contribution in [3.8, 4) is 0 Å². The Hall–Kier alpha value is -2.20. The average Bonchev–Trinajstić information content (AvgIpc) is 2.61. The minimum Gasteiger partial charge on any atom is -0.465 e. The molecule has 0 aliphatic carbocycles. The molecule has 10 heteroatoms. The quantitative estimate of drug-likeness (QED) is 0.156. The van der Waals surface area contributed by atoms with Gasteiger partial charge in [-0.15, -0.1) is 0 Å². The van der Waals surface area contributed by atoms with Crippen LogP contribution in [-0.4, -0.2) is 55.4 Å². The minimum atomic E-state index is -4.19. The molecule has 0 saturated carbocycles. The normalized spacial score (nSPS) is 15.4. The highest BCUT2D eigenvalue weighted by Crippen LogP contribution is 2.38. The van der Waals surface area contributed by atoms with E-state index < -0.39 is 51.4 Å². The second-order valence-electron chi connectivity index (χ2n) is 6.13. The predicted molar refractivity (Wildman–Crippen MR) is 101 cm³/mol. The highest BCUT2D eigenvalue weighted by molar-refractivity contribution is 7.85. The summed E-state index contributed by atoms with van der Waals surface area (Å²) in [5.74, 6) is -2.94. The Morgan fingerprint density at radius 1 is 1.07 bits per heavy atom. The second kappa shape index (κ2) is 11.6. The van der Waals surface area contributed by atoms with E-state index in [9.17, 15) is 22.8 Å². The van der Waals surface area contributed by atoms with Gasteiger partial charge in [0.2, 0.25) is 0 Å². The molecular weight excluding hydrogens is 392 g/mol. The number of rotatable bonds is 13. The van der Waals surface area contributed by atoms with Crippen molar-refractivity contribution >= 4 is 28.0 Å². The molecule has 1 N–H and O–H groups in total. The Bertz CT molecular complexity index is 653. The van der Waals surface area contributed by atoms with Gasteiger partial charge >= 0.3 is 17.9 Å². The molecule has 2 atom stereocenters. The fraction of sp³-hybridized carbons (Fsp3) is 0.611. The lowest BCUT2D eigenvalue weighted by atomic mass is 9.74. The monoisotopic (exact) mass is 420 g/mol. The van der Waals surface area contributed by atoms with Gasteiger partial charge in [-0.1, -0.05) is 26.5 Å². The van der Waals surface area contributed by atoms with E-state index in [2.05, 4.69) is 13.2 Å². The molecule has 0 aromatic rings. The summed E-state index contributed by atoms with van der Waals surface area (Å²) in [5.41, 5.74) is -1.54. The summed E-state index contributed by atoms with van der Waals surface area (Å²) in [5, 5.41) is 0. The predicted octanol–water partition coefficient (Wildman–Crippen LogP) is 1.83. The van der Waals surface area contributed by atoms with Crippen molar-refractivity contribution in [2.45, 2.75) is 52.2 Å². The third-order valence-electron chi connectivity index (χ3n) is 4.19. The molecule has 0 spiro atoms. The van der Waals surface area contributed by atoms with Crippen LogP contribution in [0.1, 0.15) is 40.0 Å². The average molecular weight is 420 g/mol. The van der Waals surface area contributed by atoms with Crippen LogP contribution < -0.4 is 0 Å². The molecule has 0 radical (unpaired) electrons. The highest BCUT2D eigenvalue weighted by atomic mass is 32.2. The first-order valence-electron chi connectivity index (χ1n) is 8.73. The molecule has 0 rings (SSSR count). The maximum absolute atomic E-state index is 12.9. The van der Waals surface area contributed by atoms with Gasteiger partial charge in [0.1, 0.15) is 17.6 Å². The molecule has 0 amide bonds. The van der Waals surface area contributed by atoms with Gasteiger partial charge in [0.15, 0.2) is 0 Å². The van der Waals surface area contributed by atoms with Crippen molar-refractivity contribution in [1.82, 2.24) is 0 Å². The van der Waals surface area contributed by atoms with Crippen molar-refractivity contribution in [1.29, 1.82) is 0 Å². The van der Waals surface area contributed by atoms with Gasteiger partial charge in [-0.05, 0) is 26.7 Å². The maximum atomic E-state index is 12.9. The number of esters is 3. The van der Waals surface area contributed by atoms with E-state index in [-0.39, 0.29) is 19.4 Å². The smallest absolute Gasteiger partial charge is 0.330 e. The summed E-state index contributed by atoms with van der Waals surface area (Å²) in [6.07, 6.45) is 0.275. The molecule has 0 fully saturated rings. The second-order valence-corrected chi connectivity index (χ2v) is 7.70. The lowest BCUT2D eigenvalue weighted by molar-refractivity contribution is -0.187. The fourth-order valence-electron chi connectivity index (χ4n) is 2.78. The number of carbonyl (C=O) groups excluding carboxylic acids is 3. The Labute approximate surface area is 165 Å². The van der Waals surface area contributed by atoms with E-state index >= 15 is 0 Å². The van der Waals surface area contributed by atoms with E-state index in [4.69, 9.17) is 18.8 Å². The first kappa shape index (κ1) is 25.8. The Morgan fingerprint density at radius 2 is 1.54 bits per heavy atom. The lowest BCUT2D eigenvalue weighted by Gasteiger charge is -2.39. The van der Waals surface area contributed by atoms with Gasteiger partial charge in [-0.3, -0.25) is 9.35 Å². The summed E-state index contributed by atoms with van der Waals surface area (Å²) in [6, 6.07) is 0. The molecule has 0 aliphatic heterocycles. The number of hydrogen-bond acceptors (Lipinski definition) is 8. The maximum Gasteiger partial charge on any atom is 0.330 e. The van der Waals surface area contributed by atoms with Gasteiger partial charge in [0, 0.05) is 12.2 Å². The topological polar surface area (TPSA) is 133 Å². The van der Waals surface area contributed by atoms with Gasteiger partial charge in [0.25, 0.3) is 10.1 Å². The Kier molecular flexibility index (Phi) is 10.7. The largest absolute Gasteiger partial charge is 0.465 e. The zero-order chi connectivity index (χ0) is 22.0. The zero-order valence-corrected chi connectivity index (χ0v) is 17.2. The summed E-state index contributed by atoms with van der Waals surface area (Å²) in [7, 11) is -4.19. The molecular formula is C18H28O9S. The van der Waals surface area contributed by atoms with Crippen LogP contribution >= 0.6 is 0 Å². The Morgan fingerprint density at radius 3 is 1.89 bits per heavy atom. The van der Waals surface area contributed by atoms with E-state index in [1.54, 1.807) is 6.92 Å². The molecule has 160 valence electrons. The molecule has 0 heterocycles. The van der Waals surface area contributed by atoms with Crippen molar-refractivity contribution in [3.63, 3.8) is 0 Å². The molecule has 0 aliphatic rings. The first-order chi connectivity index (χ1) is 12.9. The molecule has 0 aromatic carbocycles. The van der Waals surface area contributed by atoms with Gasteiger partial charge in [-0.25, -0.2) is 9.59 Å². The van der Waals surface area contributed by atoms with Gasteiger partial charge < -0.3 is 14.2 Å². The fourth-order valence-corrected chi connectivity index (χ4v) is 3.26. The van der Waals surface area contributed by atoms with Gasteiger partial charge in [0.05, 0.1) is 12.4 Å². The van der Waals surface area contributed by atoms with Crippen LogP contribution in [0.2, 0.25) is 0 Å². The van der Waals surface area contributed by atoms with Crippen LogP contribution in [0.4, 0.5) is 0 Å². The molecule has 0 saturated heterocycles. The van der Waals surface area contributed by atoms with Crippen LogP contribution in [0.5, 0.6) is 0 Å². The van der Waals surface area contributed by atoms with Crippen LogP contribution in [0.15, 0.2) is 25.3 Å². The Balaban J connectivity index is 5.70. The summed E-state index contributed by atoms with van der Waals surface area (Å²) in [6.45, 7) is 11.0. The number of ether oxygens (including phenoxy) is 3. The van der Waals surface area contributed by atoms with Crippen molar-refractivity contribution in [3.05, 3.63) is 25.3 Å². The highest BCUT2D eigenvalue weighted by Gasteiger charge is 2.52. The van der Waals surface area contributed by atoms with Crippen LogP contribution in [0.25, 0.3) is 0 Å². The van der Waals surface area contributed by atoms with Crippen molar-refractivity contribution < 1.29 is 41.6 Å². The first-order valence-corrected chi connectivity index (χ1v) is 10.3. The molecule has 28 heavy (non-hydrogen) atoms. The zero-order valence-electron chi connectivity index (χ0n) is 16.4. The van der Waals surface area contributed by atoms with E-state index in [1.807, 2.05) is 0 Å². The van der Waals surface area contributed by atoms with Crippen LogP contribution in [0.3, 0.4) is 0 Å². The van der Waals surface area contributed by atoms with Crippen molar-refractivity contribution in [2.75, 3.05) is 12.4 Å². The SMILES string of the molecule is C=CC(=O)OC(C)C(CCC)(C(=O)OCCCS(=O)(=O)O)C(C)OC(=O)C=C. The van der Waals surface area contributed by atoms with Crippen LogP contribution in [-0.2, 0) is 38.7 Å². The third kappa shape index (κ3) is 7.81. The molecule has 0 aromatic heterocycles. The summed E-state index contributed by atoms with van der Waals surface area (Å²) < 4.78 is 45.9. The standard InChI is InChI=1S/C18H28O9S/c1-6-10-18(13(4)26-15(19)7-2,14(5)27-16(20)8-3)17(21)25-11-9-12-28(22,23)24/h7-8,13-14H,2-3,6,9-12H2,1,4-5H3,(H,22,23,24). The molecule has 2 unspecified atom stereocenters. The van der Waals surface area contributed by atoms with E-state index in [1.165, 1.54) is 13.8 Å². The lowest BCUT2D eigenvalue weighted by Crippen LogP contribution is -2.53. The third-order valence-corrected chi connectivity index (χ3v) is 5.00. The molecule has 9 nitrogen and oxygen atoms in total. The summed E-state index contributed by atoms with van der Waals surface area (Å²) in [4.78, 5) is 36.2.